The molecule has 1 rings (SSSR count). The molecule has 0 aliphatic heterocycles. The molecule has 0 radical (unpaired) electrons. The van der Waals surface area contributed by atoms with E-state index in [9.17, 15) is 9.59 Å². The van der Waals surface area contributed by atoms with Crippen LogP contribution in [0.25, 0.3) is 0 Å². The van der Waals surface area contributed by atoms with Gasteiger partial charge in [-0.15, -0.1) is 0 Å². The summed E-state index contributed by atoms with van der Waals surface area (Å²) in [6, 6.07) is 3.49. The van der Waals surface area contributed by atoms with Crippen molar-refractivity contribution in [3.8, 4) is 0 Å². The van der Waals surface area contributed by atoms with Gasteiger partial charge in [0.1, 0.15) is 11.2 Å². The minimum atomic E-state index is -1.41. The highest BCUT2D eigenvalue weighted by atomic mass is 16.4. The second-order valence-electron chi connectivity index (χ2n) is 4.33. The molecule has 0 unspecified atom stereocenters. The Hall–Kier alpha value is -1.78. The van der Waals surface area contributed by atoms with E-state index in [0.29, 0.717) is 18.8 Å². The lowest BCUT2D eigenvalue weighted by atomic mass is 9.92. The fourth-order valence-electron chi connectivity index (χ4n) is 1.40. The Balaban J connectivity index is 2.81. The number of furan rings is 1. The molecule has 1 aromatic rings. The quantitative estimate of drug-likeness (QED) is 0.794. The topological polar surface area (TPSA) is 70.8 Å². The number of aliphatic carboxylic acids is 1. The zero-order chi connectivity index (χ0) is 13.1. The molecule has 0 aliphatic carbocycles. The number of carboxylic acid groups (broad SMARTS) is 1. The van der Waals surface area contributed by atoms with Crippen molar-refractivity contribution >= 4 is 11.9 Å². The van der Waals surface area contributed by atoms with Crippen molar-refractivity contribution in [3.05, 3.63) is 24.2 Å². The first kappa shape index (κ1) is 13.3. The Morgan fingerprint density at radius 2 is 2.12 bits per heavy atom. The van der Waals surface area contributed by atoms with Gasteiger partial charge in [-0.25, -0.2) is 0 Å². The van der Waals surface area contributed by atoms with Crippen LogP contribution in [-0.4, -0.2) is 28.4 Å². The number of hydrogen-bond acceptors (Lipinski definition) is 3. The van der Waals surface area contributed by atoms with E-state index in [1.165, 1.54) is 25.0 Å². The second-order valence-corrected chi connectivity index (χ2v) is 4.33. The van der Waals surface area contributed by atoms with Crippen molar-refractivity contribution in [2.75, 3.05) is 6.54 Å². The fraction of sp³-hybridized carbons (Fsp3) is 0.500. The van der Waals surface area contributed by atoms with Gasteiger partial charge in [-0.3, -0.25) is 9.59 Å². The molecule has 0 spiro atoms. The summed E-state index contributed by atoms with van der Waals surface area (Å²) in [5, 5.41) is 9.01. The molecule has 1 heterocycles. The van der Waals surface area contributed by atoms with Crippen LogP contribution in [0.15, 0.2) is 22.8 Å². The maximum atomic E-state index is 12.1. The molecule has 5 nitrogen and oxygen atoms in total. The molecular formula is C12H17NO4. The minimum absolute atomic E-state index is 0.291. The highest BCUT2D eigenvalue weighted by Crippen LogP contribution is 2.20. The van der Waals surface area contributed by atoms with Crippen molar-refractivity contribution in [3.63, 3.8) is 0 Å². The van der Waals surface area contributed by atoms with E-state index in [1.54, 1.807) is 19.1 Å². The number of carboxylic acids is 1. The van der Waals surface area contributed by atoms with Crippen LogP contribution in [-0.2, 0) is 16.1 Å². The Morgan fingerprint density at radius 3 is 2.53 bits per heavy atom. The van der Waals surface area contributed by atoms with Crippen LogP contribution in [0, 0.1) is 5.41 Å². The number of carbonyl (C=O) groups is 2. The highest BCUT2D eigenvalue weighted by Gasteiger charge is 2.38. The largest absolute Gasteiger partial charge is 0.480 e. The van der Waals surface area contributed by atoms with Crippen molar-refractivity contribution in [2.24, 2.45) is 5.41 Å². The molecular weight excluding hydrogens is 222 g/mol. The first-order valence-electron chi connectivity index (χ1n) is 5.44. The third-order valence-electron chi connectivity index (χ3n) is 2.67. The molecule has 0 fully saturated rings. The average Bonchev–Trinajstić information content (AvgIpc) is 2.77. The predicted octanol–water partition coefficient (Wildman–Crippen LogP) is 1.74. The molecule has 0 saturated carbocycles. The maximum absolute atomic E-state index is 12.1. The van der Waals surface area contributed by atoms with Crippen molar-refractivity contribution < 1.29 is 19.1 Å². The Bertz CT molecular complexity index is 395. The number of carbonyl (C=O) groups excluding carboxylic acids is 1. The van der Waals surface area contributed by atoms with Gasteiger partial charge in [-0.05, 0) is 32.9 Å². The third kappa shape index (κ3) is 2.87. The Labute approximate surface area is 100 Å². The molecule has 0 atom stereocenters. The Morgan fingerprint density at radius 1 is 1.47 bits per heavy atom. The van der Waals surface area contributed by atoms with Gasteiger partial charge in [-0.2, -0.15) is 0 Å². The predicted molar refractivity (Wildman–Crippen MR) is 61.2 cm³/mol. The summed E-state index contributed by atoms with van der Waals surface area (Å²) in [6.45, 7) is 5.35. The zero-order valence-electron chi connectivity index (χ0n) is 10.3. The van der Waals surface area contributed by atoms with Crippen LogP contribution in [0.1, 0.15) is 26.5 Å². The van der Waals surface area contributed by atoms with E-state index in [-0.39, 0.29) is 0 Å². The summed E-state index contributed by atoms with van der Waals surface area (Å²) >= 11 is 0. The van der Waals surface area contributed by atoms with E-state index in [1.807, 2.05) is 0 Å². The van der Waals surface area contributed by atoms with Crippen LogP contribution in [0.2, 0.25) is 0 Å². The summed E-state index contributed by atoms with van der Waals surface area (Å²) < 4.78 is 5.15. The summed E-state index contributed by atoms with van der Waals surface area (Å²) in [5.74, 6) is -0.898. The molecule has 0 aliphatic rings. The number of hydrogen-bond donors (Lipinski definition) is 1. The van der Waals surface area contributed by atoms with E-state index in [0.717, 1.165) is 0 Å². The lowest BCUT2D eigenvalue weighted by Crippen LogP contribution is -2.44. The van der Waals surface area contributed by atoms with Gasteiger partial charge in [0.2, 0.25) is 5.91 Å². The SMILES string of the molecule is CCN(Cc1ccco1)C(=O)C(C)(C)C(=O)O. The van der Waals surface area contributed by atoms with Gasteiger partial charge in [0.05, 0.1) is 12.8 Å². The third-order valence-corrected chi connectivity index (χ3v) is 2.67. The molecule has 0 saturated heterocycles. The summed E-state index contributed by atoms with van der Waals surface area (Å²) in [4.78, 5) is 24.5. The maximum Gasteiger partial charge on any atom is 0.318 e. The monoisotopic (exact) mass is 239 g/mol. The number of amides is 1. The minimum Gasteiger partial charge on any atom is -0.480 e. The average molecular weight is 239 g/mol. The first-order chi connectivity index (χ1) is 7.89. The summed E-state index contributed by atoms with van der Waals surface area (Å²) in [6.07, 6.45) is 1.52. The smallest absolute Gasteiger partial charge is 0.318 e. The normalized spacial score (nSPS) is 11.2. The van der Waals surface area contributed by atoms with Gasteiger partial charge in [-0.1, -0.05) is 0 Å². The zero-order valence-corrected chi connectivity index (χ0v) is 10.3. The molecule has 17 heavy (non-hydrogen) atoms. The van der Waals surface area contributed by atoms with Crippen LogP contribution >= 0.6 is 0 Å². The van der Waals surface area contributed by atoms with Crippen LogP contribution < -0.4 is 0 Å². The van der Waals surface area contributed by atoms with Crippen molar-refractivity contribution in [1.82, 2.24) is 4.90 Å². The van der Waals surface area contributed by atoms with E-state index >= 15 is 0 Å². The molecule has 94 valence electrons. The van der Waals surface area contributed by atoms with Crippen molar-refractivity contribution in [2.45, 2.75) is 27.3 Å². The molecule has 1 N–H and O–H groups in total. The van der Waals surface area contributed by atoms with Crippen LogP contribution in [0.5, 0.6) is 0 Å². The van der Waals surface area contributed by atoms with Gasteiger partial charge in [0.25, 0.3) is 0 Å². The standard InChI is InChI=1S/C12H17NO4/c1-4-13(8-9-6-5-7-17-9)10(14)12(2,3)11(15)16/h5-7H,4,8H2,1-3H3,(H,15,16). The molecule has 5 heteroatoms. The van der Waals surface area contributed by atoms with Crippen LogP contribution in [0.4, 0.5) is 0 Å². The second kappa shape index (κ2) is 5.03. The molecule has 0 aromatic carbocycles. The van der Waals surface area contributed by atoms with E-state index < -0.39 is 17.3 Å². The number of rotatable bonds is 5. The van der Waals surface area contributed by atoms with Crippen molar-refractivity contribution in [1.29, 1.82) is 0 Å². The van der Waals surface area contributed by atoms with Gasteiger partial charge >= 0.3 is 5.97 Å². The van der Waals surface area contributed by atoms with Gasteiger partial charge < -0.3 is 14.4 Å². The summed E-state index contributed by atoms with van der Waals surface area (Å²) in [5.41, 5.74) is -1.41. The lowest BCUT2D eigenvalue weighted by Gasteiger charge is -2.27. The lowest BCUT2D eigenvalue weighted by molar-refractivity contribution is -0.158. The summed E-state index contributed by atoms with van der Waals surface area (Å²) in [7, 11) is 0. The Kier molecular flexibility index (Phi) is 3.93. The molecule has 1 aromatic heterocycles. The molecule has 1 amide bonds. The van der Waals surface area contributed by atoms with E-state index in [2.05, 4.69) is 0 Å². The van der Waals surface area contributed by atoms with E-state index in [4.69, 9.17) is 9.52 Å². The number of nitrogens with zero attached hydrogens (tertiary/aromatic N) is 1. The van der Waals surface area contributed by atoms with Crippen LogP contribution in [0.3, 0.4) is 0 Å². The van der Waals surface area contributed by atoms with Gasteiger partial charge in [0.15, 0.2) is 0 Å². The first-order valence-corrected chi connectivity index (χ1v) is 5.44. The molecule has 0 bridgehead atoms. The van der Waals surface area contributed by atoms with Gasteiger partial charge in [0, 0.05) is 6.54 Å². The highest BCUT2D eigenvalue weighted by molar-refractivity contribution is 6.00. The fourth-order valence-corrected chi connectivity index (χ4v) is 1.40.